The molecule has 1 aromatic heterocycles. The number of anilines is 1. The summed E-state index contributed by atoms with van der Waals surface area (Å²) in [5.41, 5.74) is 5.38. The molecule has 0 atom stereocenters. The summed E-state index contributed by atoms with van der Waals surface area (Å²) in [5.74, 6) is -0.235. The van der Waals surface area contributed by atoms with Gasteiger partial charge in [-0.2, -0.15) is 0 Å². The Hall–Kier alpha value is -0.620. The minimum atomic E-state index is -0.235. The average Bonchev–Trinajstić information content (AvgIpc) is 2.36. The SMILES string of the molecule is Br.CCOC(=O)Cc1cnc(N)s1. The molecule has 6 heteroatoms. The number of thiazole rings is 1. The van der Waals surface area contributed by atoms with Crippen LogP contribution in [0.15, 0.2) is 6.20 Å². The van der Waals surface area contributed by atoms with E-state index >= 15 is 0 Å². The molecule has 13 heavy (non-hydrogen) atoms. The fourth-order valence-electron chi connectivity index (χ4n) is 0.759. The lowest BCUT2D eigenvalue weighted by Crippen LogP contribution is -2.06. The molecular weight excluding hydrogens is 256 g/mol. The van der Waals surface area contributed by atoms with Crippen molar-refractivity contribution < 1.29 is 9.53 Å². The highest BCUT2D eigenvalue weighted by molar-refractivity contribution is 8.93. The number of carbonyl (C=O) groups excluding carboxylic acids is 1. The van der Waals surface area contributed by atoms with Gasteiger partial charge in [-0.3, -0.25) is 4.79 Å². The van der Waals surface area contributed by atoms with Crippen LogP contribution in [0, 0.1) is 0 Å². The highest BCUT2D eigenvalue weighted by atomic mass is 79.9. The lowest BCUT2D eigenvalue weighted by atomic mass is 10.4. The van der Waals surface area contributed by atoms with Gasteiger partial charge in [-0.05, 0) is 6.92 Å². The molecule has 0 saturated carbocycles. The van der Waals surface area contributed by atoms with Crippen LogP contribution in [-0.4, -0.2) is 17.6 Å². The summed E-state index contributed by atoms with van der Waals surface area (Å²) in [5, 5.41) is 0.481. The number of aromatic nitrogens is 1. The Labute approximate surface area is 90.9 Å². The molecule has 0 aliphatic rings. The number of nitrogen functional groups attached to an aromatic ring is 1. The third-order valence-electron chi connectivity index (χ3n) is 1.20. The maximum atomic E-state index is 10.9. The van der Waals surface area contributed by atoms with Crippen molar-refractivity contribution in [2.24, 2.45) is 0 Å². The van der Waals surface area contributed by atoms with Gasteiger partial charge in [-0.25, -0.2) is 4.98 Å². The van der Waals surface area contributed by atoms with Crippen molar-refractivity contribution in [3.63, 3.8) is 0 Å². The minimum absolute atomic E-state index is 0. The molecule has 0 aliphatic carbocycles. The molecular formula is C7H11BrN2O2S. The predicted molar refractivity (Wildman–Crippen MR) is 57.2 cm³/mol. The molecule has 1 aromatic rings. The van der Waals surface area contributed by atoms with Gasteiger partial charge in [0, 0.05) is 11.1 Å². The summed E-state index contributed by atoms with van der Waals surface area (Å²) < 4.78 is 4.75. The number of halogens is 1. The molecule has 0 saturated heterocycles. The van der Waals surface area contributed by atoms with Crippen LogP contribution in [0.2, 0.25) is 0 Å². The minimum Gasteiger partial charge on any atom is -0.466 e. The number of rotatable bonds is 3. The fourth-order valence-corrected chi connectivity index (χ4v) is 1.43. The van der Waals surface area contributed by atoms with Gasteiger partial charge in [0.05, 0.1) is 13.0 Å². The Morgan fingerprint density at radius 3 is 2.92 bits per heavy atom. The van der Waals surface area contributed by atoms with Crippen molar-refractivity contribution in [1.82, 2.24) is 4.98 Å². The molecule has 1 heterocycles. The van der Waals surface area contributed by atoms with E-state index in [-0.39, 0.29) is 29.4 Å². The molecule has 0 spiro atoms. The van der Waals surface area contributed by atoms with Gasteiger partial charge < -0.3 is 10.5 Å². The summed E-state index contributed by atoms with van der Waals surface area (Å²) in [6.45, 7) is 2.19. The monoisotopic (exact) mass is 266 g/mol. The topological polar surface area (TPSA) is 65.2 Å². The molecule has 74 valence electrons. The van der Waals surface area contributed by atoms with Crippen molar-refractivity contribution in [2.45, 2.75) is 13.3 Å². The summed E-state index contributed by atoms with van der Waals surface area (Å²) in [6, 6.07) is 0. The lowest BCUT2D eigenvalue weighted by Gasteiger charge is -1.97. The van der Waals surface area contributed by atoms with Crippen molar-refractivity contribution in [3.05, 3.63) is 11.1 Å². The van der Waals surface area contributed by atoms with E-state index in [2.05, 4.69) is 4.98 Å². The molecule has 0 fully saturated rings. The van der Waals surface area contributed by atoms with Crippen LogP contribution in [0.5, 0.6) is 0 Å². The number of carbonyl (C=O) groups is 1. The van der Waals surface area contributed by atoms with Crippen LogP contribution < -0.4 is 5.73 Å². The number of esters is 1. The number of ether oxygens (including phenoxy) is 1. The number of hydrogen-bond acceptors (Lipinski definition) is 5. The first-order valence-corrected chi connectivity index (χ1v) is 4.40. The molecule has 0 aliphatic heterocycles. The number of hydrogen-bond donors (Lipinski definition) is 1. The van der Waals surface area contributed by atoms with Gasteiger partial charge in [-0.15, -0.1) is 28.3 Å². The molecule has 0 aromatic carbocycles. The first-order chi connectivity index (χ1) is 5.72. The van der Waals surface area contributed by atoms with Crippen LogP contribution in [0.25, 0.3) is 0 Å². The predicted octanol–water partition coefficient (Wildman–Crippen LogP) is 1.41. The zero-order valence-electron chi connectivity index (χ0n) is 7.15. The van der Waals surface area contributed by atoms with E-state index in [9.17, 15) is 4.79 Å². The van der Waals surface area contributed by atoms with Gasteiger partial charge in [0.2, 0.25) is 0 Å². The standard InChI is InChI=1S/C7H10N2O2S.BrH/c1-2-11-6(10)3-5-4-9-7(8)12-5;/h4H,2-3H2,1H3,(H2,8,9);1H. The zero-order chi connectivity index (χ0) is 8.97. The molecule has 0 unspecified atom stereocenters. The van der Waals surface area contributed by atoms with Gasteiger partial charge in [-0.1, -0.05) is 0 Å². The zero-order valence-corrected chi connectivity index (χ0v) is 9.68. The first kappa shape index (κ1) is 12.4. The van der Waals surface area contributed by atoms with Crippen molar-refractivity contribution in [3.8, 4) is 0 Å². The molecule has 4 nitrogen and oxygen atoms in total. The Morgan fingerprint density at radius 2 is 2.46 bits per heavy atom. The number of nitrogens with two attached hydrogens (primary N) is 1. The summed E-state index contributed by atoms with van der Waals surface area (Å²) in [7, 11) is 0. The quantitative estimate of drug-likeness (QED) is 0.841. The van der Waals surface area contributed by atoms with Crippen LogP contribution >= 0.6 is 28.3 Å². The maximum absolute atomic E-state index is 10.9. The van der Waals surface area contributed by atoms with Gasteiger partial charge in [0.1, 0.15) is 0 Å². The second-order valence-electron chi connectivity index (χ2n) is 2.15. The van der Waals surface area contributed by atoms with E-state index < -0.39 is 0 Å². The molecule has 0 bridgehead atoms. The van der Waals surface area contributed by atoms with Gasteiger partial charge >= 0.3 is 5.97 Å². The normalized spacial score (nSPS) is 9.00. The van der Waals surface area contributed by atoms with Crippen LogP contribution in [0.1, 0.15) is 11.8 Å². The summed E-state index contributed by atoms with van der Waals surface area (Å²) in [4.78, 5) is 15.6. The largest absolute Gasteiger partial charge is 0.466 e. The maximum Gasteiger partial charge on any atom is 0.311 e. The Morgan fingerprint density at radius 1 is 1.77 bits per heavy atom. The van der Waals surface area contributed by atoms with E-state index in [0.29, 0.717) is 11.7 Å². The van der Waals surface area contributed by atoms with Crippen molar-refractivity contribution in [2.75, 3.05) is 12.3 Å². The smallest absolute Gasteiger partial charge is 0.311 e. The fraction of sp³-hybridized carbons (Fsp3) is 0.429. The Bertz CT molecular complexity index is 277. The third-order valence-corrected chi connectivity index (χ3v) is 2.02. The van der Waals surface area contributed by atoms with Crippen LogP contribution in [-0.2, 0) is 16.0 Å². The molecule has 2 N–H and O–H groups in total. The highest BCUT2D eigenvalue weighted by Crippen LogP contribution is 2.14. The molecule has 0 radical (unpaired) electrons. The van der Waals surface area contributed by atoms with Crippen molar-refractivity contribution >= 4 is 39.4 Å². The number of nitrogens with zero attached hydrogens (tertiary/aromatic N) is 1. The van der Waals surface area contributed by atoms with E-state index in [1.165, 1.54) is 11.3 Å². The highest BCUT2D eigenvalue weighted by Gasteiger charge is 2.06. The lowest BCUT2D eigenvalue weighted by molar-refractivity contribution is -0.142. The third kappa shape index (κ3) is 4.23. The van der Waals surface area contributed by atoms with E-state index in [1.807, 2.05) is 0 Å². The van der Waals surface area contributed by atoms with E-state index in [4.69, 9.17) is 10.5 Å². The summed E-state index contributed by atoms with van der Waals surface area (Å²) in [6.07, 6.45) is 1.86. The Balaban J connectivity index is 0.00000144. The summed E-state index contributed by atoms with van der Waals surface area (Å²) >= 11 is 1.31. The van der Waals surface area contributed by atoms with Crippen LogP contribution in [0.4, 0.5) is 5.13 Å². The van der Waals surface area contributed by atoms with E-state index in [1.54, 1.807) is 13.1 Å². The van der Waals surface area contributed by atoms with Gasteiger partial charge in [0.25, 0.3) is 0 Å². The second-order valence-corrected chi connectivity index (χ2v) is 3.29. The molecule has 0 amide bonds. The van der Waals surface area contributed by atoms with Crippen LogP contribution in [0.3, 0.4) is 0 Å². The Kier molecular flexibility index (Phi) is 5.65. The average molecular weight is 267 g/mol. The first-order valence-electron chi connectivity index (χ1n) is 3.58. The molecule has 1 rings (SSSR count). The second kappa shape index (κ2) is 5.93. The van der Waals surface area contributed by atoms with E-state index in [0.717, 1.165) is 4.88 Å². The van der Waals surface area contributed by atoms with Gasteiger partial charge in [0.15, 0.2) is 5.13 Å². The van der Waals surface area contributed by atoms with Crippen molar-refractivity contribution in [1.29, 1.82) is 0 Å².